The SMILES string of the molecule is COS(=O)n1nc(-c2c(C)cc(C)c(N)c2C)c(C)c1C. The molecule has 1 unspecified atom stereocenters. The fourth-order valence-electron chi connectivity index (χ4n) is 2.57. The van der Waals surface area contributed by atoms with Gasteiger partial charge >= 0.3 is 0 Å². The van der Waals surface area contributed by atoms with Gasteiger partial charge in [0.05, 0.1) is 18.5 Å². The van der Waals surface area contributed by atoms with Gasteiger partial charge in [-0.15, -0.1) is 0 Å². The Morgan fingerprint density at radius 2 is 1.76 bits per heavy atom. The summed E-state index contributed by atoms with van der Waals surface area (Å²) >= 11 is -1.61. The molecule has 0 bridgehead atoms. The van der Waals surface area contributed by atoms with Gasteiger partial charge in [-0.3, -0.25) is 4.18 Å². The summed E-state index contributed by atoms with van der Waals surface area (Å²) in [6.07, 6.45) is 0. The van der Waals surface area contributed by atoms with Gasteiger partial charge in [0.25, 0.3) is 11.3 Å². The number of hydrogen-bond donors (Lipinski definition) is 1. The van der Waals surface area contributed by atoms with Crippen LogP contribution in [0, 0.1) is 34.6 Å². The molecule has 0 saturated heterocycles. The molecule has 0 aliphatic rings. The minimum atomic E-state index is -1.61. The first-order chi connectivity index (χ1) is 9.79. The smallest absolute Gasteiger partial charge is 0.285 e. The number of anilines is 1. The first-order valence-electron chi connectivity index (χ1n) is 6.69. The molecular formula is C15H21N3O2S. The van der Waals surface area contributed by atoms with E-state index in [1.165, 1.54) is 11.2 Å². The third kappa shape index (κ3) is 2.49. The summed E-state index contributed by atoms with van der Waals surface area (Å²) in [5.74, 6) is 0. The van der Waals surface area contributed by atoms with Crippen molar-refractivity contribution in [3.05, 3.63) is 34.0 Å². The fraction of sp³-hybridized carbons (Fsp3) is 0.400. The molecule has 1 aromatic carbocycles. The van der Waals surface area contributed by atoms with E-state index in [1.54, 1.807) is 0 Å². The van der Waals surface area contributed by atoms with E-state index in [2.05, 4.69) is 11.2 Å². The maximum Gasteiger partial charge on any atom is 0.285 e. The second kappa shape index (κ2) is 5.61. The molecule has 1 aromatic heterocycles. The lowest BCUT2D eigenvalue weighted by molar-refractivity contribution is 0.434. The highest BCUT2D eigenvalue weighted by Gasteiger charge is 2.20. The van der Waals surface area contributed by atoms with Crippen LogP contribution in [0.3, 0.4) is 0 Å². The minimum Gasteiger partial charge on any atom is -0.398 e. The van der Waals surface area contributed by atoms with Crippen LogP contribution in [0.2, 0.25) is 0 Å². The maximum atomic E-state index is 11.9. The largest absolute Gasteiger partial charge is 0.398 e. The van der Waals surface area contributed by atoms with Crippen molar-refractivity contribution >= 4 is 17.0 Å². The predicted octanol–water partition coefficient (Wildman–Crippen LogP) is 2.75. The van der Waals surface area contributed by atoms with Crippen molar-refractivity contribution in [1.29, 1.82) is 0 Å². The molecule has 114 valence electrons. The second-order valence-electron chi connectivity index (χ2n) is 5.24. The molecule has 0 saturated carbocycles. The van der Waals surface area contributed by atoms with Crippen LogP contribution in [0.4, 0.5) is 5.69 Å². The Morgan fingerprint density at radius 3 is 2.33 bits per heavy atom. The summed E-state index contributed by atoms with van der Waals surface area (Å²) in [6.45, 7) is 9.87. The molecule has 5 nitrogen and oxygen atoms in total. The molecule has 2 rings (SSSR count). The number of hydrogen-bond acceptors (Lipinski definition) is 4. The molecular weight excluding hydrogens is 286 g/mol. The molecule has 2 aromatic rings. The summed E-state index contributed by atoms with van der Waals surface area (Å²) < 4.78 is 18.2. The summed E-state index contributed by atoms with van der Waals surface area (Å²) in [5, 5.41) is 4.48. The van der Waals surface area contributed by atoms with Crippen molar-refractivity contribution in [2.45, 2.75) is 34.6 Å². The minimum absolute atomic E-state index is 0.773. The summed E-state index contributed by atoms with van der Waals surface area (Å²) in [7, 11) is 1.40. The molecule has 0 aliphatic heterocycles. The topological polar surface area (TPSA) is 70.1 Å². The lowest BCUT2D eigenvalue weighted by Gasteiger charge is -2.13. The average Bonchev–Trinajstić information content (AvgIpc) is 2.73. The molecule has 6 heteroatoms. The van der Waals surface area contributed by atoms with Gasteiger partial charge in [0.1, 0.15) is 0 Å². The molecule has 0 radical (unpaired) electrons. The van der Waals surface area contributed by atoms with Crippen molar-refractivity contribution in [3.8, 4) is 11.3 Å². The van der Waals surface area contributed by atoms with Gasteiger partial charge in [0, 0.05) is 11.3 Å². The Kier molecular flexibility index (Phi) is 4.20. The molecule has 0 spiro atoms. The van der Waals surface area contributed by atoms with Crippen LogP contribution >= 0.6 is 0 Å². The van der Waals surface area contributed by atoms with Gasteiger partial charge in [-0.2, -0.15) is 9.19 Å². The molecule has 1 atom stereocenters. The normalized spacial score (nSPS) is 12.7. The van der Waals surface area contributed by atoms with E-state index in [-0.39, 0.29) is 0 Å². The van der Waals surface area contributed by atoms with Gasteiger partial charge in [0.2, 0.25) is 0 Å². The van der Waals surface area contributed by atoms with Crippen LogP contribution in [-0.4, -0.2) is 20.5 Å². The third-order valence-electron chi connectivity index (χ3n) is 3.93. The van der Waals surface area contributed by atoms with Crippen molar-refractivity contribution in [1.82, 2.24) is 9.19 Å². The fourth-order valence-corrected chi connectivity index (χ4v) is 3.22. The quantitative estimate of drug-likeness (QED) is 0.885. The van der Waals surface area contributed by atoms with Gasteiger partial charge in [-0.25, -0.2) is 4.21 Å². The zero-order valence-corrected chi connectivity index (χ0v) is 14.1. The highest BCUT2D eigenvalue weighted by Crippen LogP contribution is 2.34. The molecule has 21 heavy (non-hydrogen) atoms. The predicted molar refractivity (Wildman–Crippen MR) is 86.3 cm³/mol. The van der Waals surface area contributed by atoms with E-state index < -0.39 is 11.3 Å². The van der Waals surface area contributed by atoms with Crippen LogP contribution in [0.5, 0.6) is 0 Å². The van der Waals surface area contributed by atoms with Gasteiger partial charge in [-0.1, -0.05) is 6.07 Å². The van der Waals surface area contributed by atoms with E-state index >= 15 is 0 Å². The van der Waals surface area contributed by atoms with Gasteiger partial charge in [-0.05, 0) is 56.9 Å². The van der Waals surface area contributed by atoms with E-state index in [9.17, 15) is 4.21 Å². The van der Waals surface area contributed by atoms with E-state index in [0.717, 1.165) is 44.9 Å². The third-order valence-corrected chi connectivity index (χ3v) is 4.85. The van der Waals surface area contributed by atoms with Crippen LogP contribution in [0.15, 0.2) is 6.07 Å². The van der Waals surface area contributed by atoms with Gasteiger partial charge in [0.15, 0.2) is 0 Å². The Hall–Kier alpha value is -1.66. The summed E-state index contributed by atoms with van der Waals surface area (Å²) in [5.41, 5.74) is 13.7. The maximum absolute atomic E-state index is 11.9. The Morgan fingerprint density at radius 1 is 1.14 bits per heavy atom. The van der Waals surface area contributed by atoms with E-state index in [1.807, 2.05) is 34.6 Å². The molecule has 1 heterocycles. The molecule has 0 fully saturated rings. The Bertz CT molecular complexity index is 735. The standard InChI is InChI=1S/C15H21N3O2S/c1-8-7-9(2)14(16)11(4)13(8)15-10(3)12(5)18(17-15)21(19)20-6/h7H,16H2,1-6H3. The lowest BCUT2D eigenvalue weighted by Crippen LogP contribution is -2.09. The van der Waals surface area contributed by atoms with Crippen LogP contribution in [0.1, 0.15) is 27.9 Å². The summed E-state index contributed by atoms with van der Waals surface area (Å²) in [4.78, 5) is 0. The molecule has 2 N–H and O–H groups in total. The monoisotopic (exact) mass is 307 g/mol. The lowest BCUT2D eigenvalue weighted by atomic mass is 9.93. The number of nitrogens with two attached hydrogens (primary N) is 1. The van der Waals surface area contributed by atoms with Crippen molar-refractivity contribution < 1.29 is 8.39 Å². The number of nitrogens with zero attached hydrogens (tertiary/aromatic N) is 2. The Balaban J connectivity index is 2.75. The number of benzene rings is 1. The van der Waals surface area contributed by atoms with Crippen molar-refractivity contribution in [2.75, 3.05) is 12.8 Å². The molecule has 0 amide bonds. The van der Waals surface area contributed by atoms with Crippen molar-refractivity contribution in [2.24, 2.45) is 0 Å². The van der Waals surface area contributed by atoms with Crippen LogP contribution in [-0.2, 0) is 15.4 Å². The first kappa shape index (κ1) is 15.7. The highest BCUT2D eigenvalue weighted by molar-refractivity contribution is 7.78. The summed E-state index contributed by atoms with van der Waals surface area (Å²) in [6, 6.07) is 2.05. The number of rotatable bonds is 3. The number of aryl methyl sites for hydroxylation is 2. The van der Waals surface area contributed by atoms with E-state index in [4.69, 9.17) is 9.92 Å². The van der Waals surface area contributed by atoms with Crippen molar-refractivity contribution in [3.63, 3.8) is 0 Å². The zero-order valence-electron chi connectivity index (χ0n) is 13.3. The van der Waals surface area contributed by atoms with Crippen LogP contribution < -0.4 is 5.73 Å². The number of aromatic nitrogens is 2. The average molecular weight is 307 g/mol. The zero-order chi connectivity index (χ0) is 15.9. The Labute approximate surface area is 127 Å². The van der Waals surface area contributed by atoms with E-state index in [0.29, 0.717) is 0 Å². The number of nitrogen functional groups attached to an aromatic ring is 1. The van der Waals surface area contributed by atoms with Crippen LogP contribution in [0.25, 0.3) is 11.3 Å². The van der Waals surface area contributed by atoms with Gasteiger partial charge < -0.3 is 5.73 Å². The molecule has 0 aliphatic carbocycles. The first-order valence-corrected chi connectivity index (χ1v) is 7.72. The second-order valence-corrected chi connectivity index (χ2v) is 6.35. The highest BCUT2D eigenvalue weighted by atomic mass is 32.2.